The Kier molecular flexibility index (Phi) is 3.50. The number of amides is 2. The summed E-state index contributed by atoms with van der Waals surface area (Å²) in [6.07, 6.45) is 0.524. The molecule has 1 aromatic rings. The Morgan fingerprint density at radius 3 is 2.83 bits per heavy atom. The fourth-order valence-corrected chi connectivity index (χ4v) is 2.07. The lowest BCUT2D eigenvalue weighted by Crippen LogP contribution is -2.33. The topological polar surface area (TPSA) is 69.6 Å². The van der Waals surface area contributed by atoms with Crippen LogP contribution in [0.15, 0.2) is 24.3 Å². The van der Waals surface area contributed by atoms with Crippen LogP contribution in [0.3, 0.4) is 0 Å². The van der Waals surface area contributed by atoms with Crippen molar-refractivity contribution in [3.63, 3.8) is 0 Å². The van der Waals surface area contributed by atoms with Crippen LogP contribution >= 0.6 is 0 Å². The van der Waals surface area contributed by atoms with Crippen LogP contribution in [0, 0.1) is 12.8 Å². The molecule has 5 heteroatoms. The van der Waals surface area contributed by atoms with E-state index in [2.05, 4.69) is 5.32 Å². The maximum atomic E-state index is 11.9. The van der Waals surface area contributed by atoms with E-state index >= 15 is 0 Å². The molecular weight excluding hydrogens is 232 g/mol. The summed E-state index contributed by atoms with van der Waals surface area (Å²) in [5.41, 5.74) is 1.80. The number of urea groups is 1. The Morgan fingerprint density at radius 2 is 2.22 bits per heavy atom. The minimum Gasteiger partial charge on any atom is -0.481 e. The second kappa shape index (κ2) is 5.08. The highest BCUT2D eigenvalue weighted by Gasteiger charge is 2.30. The zero-order chi connectivity index (χ0) is 13.1. The molecule has 2 rings (SSSR count). The number of nitrogens with one attached hydrogen (secondary N) is 1. The molecule has 0 radical (unpaired) electrons. The molecule has 1 fully saturated rings. The average Bonchev–Trinajstić information content (AvgIpc) is 2.78. The standard InChI is InChI=1S/C13H16N2O3/c1-9-3-2-4-11(7-9)14-13(18)15-6-5-10(8-15)12(16)17/h2-4,7,10H,5-6,8H2,1H3,(H,14,18)(H,16,17). The molecule has 5 nitrogen and oxygen atoms in total. The molecule has 1 aliphatic heterocycles. The van der Waals surface area contributed by atoms with Gasteiger partial charge in [0.1, 0.15) is 0 Å². The number of carboxylic acid groups (broad SMARTS) is 1. The highest BCUT2D eigenvalue weighted by Crippen LogP contribution is 2.18. The van der Waals surface area contributed by atoms with Gasteiger partial charge in [0.2, 0.25) is 0 Å². The Morgan fingerprint density at radius 1 is 1.44 bits per heavy atom. The van der Waals surface area contributed by atoms with Crippen molar-refractivity contribution >= 4 is 17.7 Å². The smallest absolute Gasteiger partial charge is 0.321 e. The van der Waals surface area contributed by atoms with Crippen molar-refractivity contribution in [3.8, 4) is 0 Å². The number of benzene rings is 1. The van der Waals surface area contributed by atoms with E-state index in [9.17, 15) is 9.59 Å². The summed E-state index contributed by atoms with van der Waals surface area (Å²) in [5, 5.41) is 11.7. The first-order chi connectivity index (χ1) is 8.56. The van der Waals surface area contributed by atoms with Gasteiger partial charge in [-0.15, -0.1) is 0 Å². The van der Waals surface area contributed by atoms with Crippen molar-refractivity contribution in [1.29, 1.82) is 0 Å². The largest absolute Gasteiger partial charge is 0.481 e. The highest BCUT2D eigenvalue weighted by atomic mass is 16.4. The van der Waals surface area contributed by atoms with Gasteiger partial charge in [-0.3, -0.25) is 4.79 Å². The number of aryl methyl sites for hydroxylation is 1. The molecule has 1 aromatic carbocycles. The molecule has 1 heterocycles. The van der Waals surface area contributed by atoms with E-state index in [1.54, 1.807) is 4.90 Å². The maximum absolute atomic E-state index is 11.9. The zero-order valence-corrected chi connectivity index (χ0v) is 10.2. The number of carbonyl (C=O) groups is 2. The van der Waals surface area contributed by atoms with E-state index in [0.717, 1.165) is 11.3 Å². The number of hydrogen-bond acceptors (Lipinski definition) is 2. The molecule has 1 saturated heterocycles. The molecule has 1 unspecified atom stereocenters. The molecule has 0 aliphatic carbocycles. The van der Waals surface area contributed by atoms with Gasteiger partial charge in [-0.25, -0.2) is 4.79 Å². The molecule has 96 valence electrons. The molecule has 1 aliphatic rings. The second-order valence-corrected chi connectivity index (χ2v) is 4.57. The van der Waals surface area contributed by atoms with Crippen molar-refractivity contribution < 1.29 is 14.7 Å². The molecule has 0 spiro atoms. The van der Waals surface area contributed by atoms with Gasteiger partial charge in [0.15, 0.2) is 0 Å². The number of carbonyl (C=O) groups excluding carboxylic acids is 1. The lowest BCUT2D eigenvalue weighted by atomic mass is 10.1. The number of rotatable bonds is 2. The van der Waals surface area contributed by atoms with Crippen LogP contribution in [-0.2, 0) is 4.79 Å². The van der Waals surface area contributed by atoms with E-state index in [1.165, 1.54) is 0 Å². The summed E-state index contributed by atoms with van der Waals surface area (Å²) >= 11 is 0. The predicted octanol–water partition coefficient (Wildman–Crippen LogP) is 1.93. The quantitative estimate of drug-likeness (QED) is 0.840. The van der Waals surface area contributed by atoms with E-state index in [0.29, 0.717) is 13.0 Å². The number of nitrogens with zero attached hydrogens (tertiary/aromatic N) is 1. The van der Waals surface area contributed by atoms with Gasteiger partial charge in [-0.05, 0) is 31.0 Å². The average molecular weight is 248 g/mol. The van der Waals surface area contributed by atoms with Gasteiger partial charge < -0.3 is 15.3 Å². The summed E-state index contributed by atoms with van der Waals surface area (Å²) < 4.78 is 0. The monoisotopic (exact) mass is 248 g/mol. The third-order valence-corrected chi connectivity index (χ3v) is 3.09. The summed E-state index contributed by atoms with van der Waals surface area (Å²) in [7, 11) is 0. The molecule has 1 atom stereocenters. The first-order valence-corrected chi connectivity index (χ1v) is 5.91. The van der Waals surface area contributed by atoms with Crippen LogP contribution in [-0.4, -0.2) is 35.1 Å². The molecule has 2 N–H and O–H groups in total. The van der Waals surface area contributed by atoms with Crippen LogP contribution < -0.4 is 5.32 Å². The lowest BCUT2D eigenvalue weighted by Gasteiger charge is -2.16. The van der Waals surface area contributed by atoms with Gasteiger partial charge in [0, 0.05) is 18.8 Å². The Hall–Kier alpha value is -2.04. The first kappa shape index (κ1) is 12.4. The van der Waals surface area contributed by atoms with Gasteiger partial charge in [-0.1, -0.05) is 12.1 Å². The zero-order valence-electron chi connectivity index (χ0n) is 10.2. The first-order valence-electron chi connectivity index (χ1n) is 5.91. The van der Waals surface area contributed by atoms with Crippen molar-refractivity contribution in [3.05, 3.63) is 29.8 Å². The number of hydrogen-bond donors (Lipinski definition) is 2. The van der Waals surface area contributed by atoms with Crippen molar-refractivity contribution in [1.82, 2.24) is 4.90 Å². The van der Waals surface area contributed by atoms with Crippen molar-refractivity contribution in [2.45, 2.75) is 13.3 Å². The lowest BCUT2D eigenvalue weighted by molar-refractivity contribution is -0.141. The van der Waals surface area contributed by atoms with Crippen LogP contribution in [0.25, 0.3) is 0 Å². The van der Waals surface area contributed by atoms with Crippen molar-refractivity contribution in [2.24, 2.45) is 5.92 Å². The van der Waals surface area contributed by atoms with Gasteiger partial charge in [-0.2, -0.15) is 0 Å². The molecule has 18 heavy (non-hydrogen) atoms. The van der Waals surface area contributed by atoms with Gasteiger partial charge >= 0.3 is 12.0 Å². The molecule has 0 aromatic heterocycles. The molecule has 2 amide bonds. The third-order valence-electron chi connectivity index (χ3n) is 3.09. The fourth-order valence-electron chi connectivity index (χ4n) is 2.07. The van der Waals surface area contributed by atoms with Crippen LogP contribution in [0.1, 0.15) is 12.0 Å². The van der Waals surface area contributed by atoms with Gasteiger partial charge in [0.25, 0.3) is 0 Å². The number of likely N-dealkylation sites (tertiary alicyclic amines) is 1. The molecule has 0 saturated carbocycles. The Labute approximate surface area is 105 Å². The minimum absolute atomic E-state index is 0.232. The highest BCUT2D eigenvalue weighted by molar-refractivity contribution is 5.90. The Bertz CT molecular complexity index is 473. The second-order valence-electron chi connectivity index (χ2n) is 4.57. The maximum Gasteiger partial charge on any atom is 0.321 e. The minimum atomic E-state index is -0.833. The van der Waals surface area contributed by atoms with Crippen LogP contribution in [0.2, 0.25) is 0 Å². The van der Waals surface area contributed by atoms with Crippen LogP contribution in [0.4, 0.5) is 10.5 Å². The number of aliphatic carboxylic acids is 1. The fraction of sp³-hybridized carbons (Fsp3) is 0.385. The summed E-state index contributed by atoms with van der Waals surface area (Å²) in [6.45, 7) is 2.73. The molecular formula is C13H16N2O3. The van der Waals surface area contributed by atoms with Crippen LogP contribution in [0.5, 0.6) is 0 Å². The summed E-state index contributed by atoms with van der Waals surface area (Å²) in [6, 6.07) is 7.28. The van der Waals surface area contributed by atoms with E-state index < -0.39 is 11.9 Å². The van der Waals surface area contributed by atoms with E-state index in [4.69, 9.17) is 5.11 Å². The van der Waals surface area contributed by atoms with E-state index in [1.807, 2.05) is 31.2 Å². The van der Waals surface area contributed by atoms with Crippen molar-refractivity contribution in [2.75, 3.05) is 18.4 Å². The summed E-state index contributed by atoms with van der Waals surface area (Å²) in [4.78, 5) is 24.3. The normalized spacial score (nSPS) is 18.7. The summed E-state index contributed by atoms with van der Waals surface area (Å²) in [5.74, 6) is -1.27. The van der Waals surface area contributed by atoms with Gasteiger partial charge in [0.05, 0.1) is 5.92 Å². The Balaban J connectivity index is 1.95. The predicted molar refractivity (Wildman–Crippen MR) is 67.5 cm³/mol. The number of carboxylic acids is 1. The third kappa shape index (κ3) is 2.80. The number of anilines is 1. The molecule has 0 bridgehead atoms. The van der Waals surface area contributed by atoms with E-state index in [-0.39, 0.29) is 12.6 Å². The SMILES string of the molecule is Cc1cccc(NC(=O)N2CCC(C(=O)O)C2)c1.